The van der Waals surface area contributed by atoms with Crippen molar-refractivity contribution in [1.29, 1.82) is 0 Å². The summed E-state index contributed by atoms with van der Waals surface area (Å²) in [5.41, 5.74) is 7.67. The molecule has 0 atom stereocenters. The number of hydrazone groups is 1. The Morgan fingerprint density at radius 3 is 2.67 bits per heavy atom. The van der Waals surface area contributed by atoms with Crippen LogP contribution in [0.4, 0.5) is 0 Å². The lowest BCUT2D eigenvalue weighted by Crippen LogP contribution is -2.12. The van der Waals surface area contributed by atoms with E-state index in [4.69, 9.17) is 5.73 Å². The molecule has 5 nitrogen and oxygen atoms in total. The first-order chi connectivity index (χ1) is 8.78. The Kier molecular flexibility index (Phi) is 3.96. The lowest BCUT2D eigenvalue weighted by molar-refractivity contribution is 0.348. The maximum atomic E-state index is 5.24. The molecule has 2 aromatic rings. The van der Waals surface area contributed by atoms with Crippen LogP contribution in [0.15, 0.2) is 47.8 Å². The fourth-order valence-corrected chi connectivity index (χ4v) is 1.75. The van der Waals surface area contributed by atoms with E-state index in [1.54, 1.807) is 11.2 Å². The predicted molar refractivity (Wildman–Crippen MR) is 71.9 cm³/mol. The van der Waals surface area contributed by atoms with Gasteiger partial charge in [0.25, 0.3) is 0 Å². The van der Waals surface area contributed by atoms with Gasteiger partial charge >= 0.3 is 0 Å². The van der Waals surface area contributed by atoms with Gasteiger partial charge in [-0.1, -0.05) is 24.3 Å². The van der Waals surface area contributed by atoms with E-state index in [0.717, 1.165) is 13.1 Å². The monoisotopic (exact) mass is 243 g/mol. The molecule has 0 aliphatic carbocycles. The maximum absolute atomic E-state index is 5.24. The molecule has 0 aliphatic heterocycles. The summed E-state index contributed by atoms with van der Waals surface area (Å²) in [7, 11) is 1.89. The molecule has 2 N–H and O–H groups in total. The minimum Gasteiger partial charge on any atom is -0.388 e. The molecule has 5 heteroatoms. The van der Waals surface area contributed by atoms with E-state index in [-0.39, 0.29) is 0 Å². The summed E-state index contributed by atoms with van der Waals surface area (Å²) < 4.78 is 1.90. The minimum atomic E-state index is 0.746. The third kappa shape index (κ3) is 3.35. The molecule has 0 fully saturated rings. The van der Waals surface area contributed by atoms with Crippen molar-refractivity contribution in [2.75, 3.05) is 7.05 Å². The number of nitrogens with two attached hydrogens (primary N) is 1. The summed E-state index contributed by atoms with van der Waals surface area (Å²) in [6.07, 6.45) is 5.04. The van der Waals surface area contributed by atoms with Crippen molar-refractivity contribution in [1.82, 2.24) is 14.8 Å². The summed E-state index contributed by atoms with van der Waals surface area (Å²) in [5.74, 6) is 0. The normalized spacial score (nSPS) is 10.9. The average Bonchev–Trinajstić information content (AvgIpc) is 2.85. The Morgan fingerprint density at radius 2 is 2.06 bits per heavy atom. The van der Waals surface area contributed by atoms with Gasteiger partial charge in [0, 0.05) is 19.4 Å². The van der Waals surface area contributed by atoms with Gasteiger partial charge in [0.15, 0.2) is 0 Å². The molecule has 0 unspecified atom stereocenters. The van der Waals surface area contributed by atoms with Gasteiger partial charge in [0.1, 0.15) is 6.34 Å². The van der Waals surface area contributed by atoms with Crippen molar-refractivity contribution in [3.8, 4) is 0 Å². The Balaban J connectivity index is 1.97. The van der Waals surface area contributed by atoms with Gasteiger partial charge < -0.3 is 5.73 Å². The molecule has 1 aromatic heterocycles. The van der Waals surface area contributed by atoms with Crippen LogP contribution in [0.5, 0.6) is 0 Å². The van der Waals surface area contributed by atoms with Crippen molar-refractivity contribution >= 4 is 6.34 Å². The highest BCUT2D eigenvalue weighted by molar-refractivity contribution is 5.50. The third-order valence-electron chi connectivity index (χ3n) is 2.60. The van der Waals surface area contributed by atoms with E-state index in [0.29, 0.717) is 0 Å². The Labute approximate surface area is 107 Å². The highest BCUT2D eigenvalue weighted by Gasteiger charge is 1.98. The van der Waals surface area contributed by atoms with E-state index in [2.05, 4.69) is 34.5 Å². The fourth-order valence-electron chi connectivity index (χ4n) is 1.75. The second-order valence-electron chi connectivity index (χ2n) is 4.10. The van der Waals surface area contributed by atoms with Crippen molar-refractivity contribution in [3.05, 3.63) is 53.9 Å². The quantitative estimate of drug-likeness (QED) is 0.488. The Hall–Kier alpha value is -2.30. The van der Waals surface area contributed by atoms with Crippen LogP contribution in [-0.4, -0.2) is 28.2 Å². The molecule has 2 rings (SSSR count). The predicted octanol–water partition coefficient (Wildman–Crippen LogP) is 1.27. The highest BCUT2D eigenvalue weighted by Crippen LogP contribution is 2.08. The number of aromatic nitrogens is 2. The largest absolute Gasteiger partial charge is 0.388 e. The summed E-state index contributed by atoms with van der Waals surface area (Å²) in [5, 5.41) is 9.95. The van der Waals surface area contributed by atoms with Gasteiger partial charge in [-0.25, -0.2) is 0 Å². The molecule has 0 radical (unpaired) electrons. The van der Waals surface area contributed by atoms with Gasteiger partial charge in [0.2, 0.25) is 0 Å². The van der Waals surface area contributed by atoms with Gasteiger partial charge in [-0.15, -0.1) is 0 Å². The van der Waals surface area contributed by atoms with Gasteiger partial charge in [-0.3, -0.25) is 9.69 Å². The smallest absolute Gasteiger partial charge is 0.106 e. The van der Waals surface area contributed by atoms with Crippen molar-refractivity contribution in [2.45, 2.75) is 13.1 Å². The fraction of sp³-hybridized carbons (Fsp3) is 0.231. The number of rotatable bonds is 5. The molecule has 94 valence electrons. The molecule has 0 amide bonds. The minimum absolute atomic E-state index is 0.746. The van der Waals surface area contributed by atoms with Crippen LogP contribution >= 0.6 is 0 Å². The zero-order valence-electron chi connectivity index (χ0n) is 10.4. The van der Waals surface area contributed by atoms with Gasteiger partial charge in [-0.05, 0) is 17.2 Å². The van der Waals surface area contributed by atoms with E-state index >= 15 is 0 Å². The van der Waals surface area contributed by atoms with E-state index in [1.165, 1.54) is 17.5 Å². The van der Waals surface area contributed by atoms with Crippen LogP contribution in [0.1, 0.15) is 11.1 Å². The zero-order chi connectivity index (χ0) is 12.8. The van der Waals surface area contributed by atoms with Crippen LogP contribution in [0.3, 0.4) is 0 Å². The number of hydrogen-bond donors (Lipinski definition) is 1. The van der Waals surface area contributed by atoms with Crippen molar-refractivity contribution in [3.63, 3.8) is 0 Å². The van der Waals surface area contributed by atoms with Crippen LogP contribution < -0.4 is 5.73 Å². The first-order valence-corrected chi connectivity index (χ1v) is 5.78. The standard InChI is InChI=1S/C13H17N5/c1-17(16-11-14)9-12-3-5-13(6-4-12)10-18-8-2-7-15-18/h2-8,11H,9-10H2,1H3,(H2,14,16). The molecule has 0 saturated carbocycles. The van der Waals surface area contributed by atoms with Gasteiger partial charge in [0.05, 0.1) is 13.1 Å². The molecule has 0 saturated heterocycles. The number of benzene rings is 1. The molecule has 0 bridgehead atoms. The number of hydrogen-bond acceptors (Lipinski definition) is 3. The van der Waals surface area contributed by atoms with E-state index in [9.17, 15) is 0 Å². The highest BCUT2D eigenvalue weighted by atomic mass is 15.4. The lowest BCUT2D eigenvalue weighted by atomic mass is 10.1. The molecular weight excluding hydrogens is 226 g/mol. The van der Waals surface area contributed by atoms with E-state index in [1.807, 2.05) is 24.0 Å². The maximum Gasteiger partial charge on any atom is 0.106 e. The average molecular weight is 243 g/mol. The lowest BCUT2D eigenvalue weighted by Gasteiger charge is -2.12. The molecular formula is C13H17N5. The van der Waals surface area contributed by atoms with Crippen LogP contribution in [0.25, 0.3) is 0 Å². The first-order valence-electron chi connectivity index (χ1n) is 5.78. The summed E-state index contributed by atoms with van der Waals surface area (Å²) >= 11 is 0. The molecule has 1 heterocycles. The zero-order valence-corrected chi connectivity index (χ0v) is 10.4. The SMILES string of the molecule is CN(Cc1ccc(Cn2cccn2)cc1)N=CN. The summed E-state index contributed by atoms with van der Waals surface area (Å²) in [6.45, 7) is 1.54. The topological polar surface area (TPSA) is 59.4 Å². The molecule has 0 spiro atoms. The van der Waals surface area contributed by atoms with Gasteiger partial charge in [-0.2, -0.15) is 10.2 Å². The molecule has 1 aromatic carbocycles. The second kappa shape index (κ2) is 5.86. The van der Waals surface area contributed by atoms with Crippen molar-refractivity contribution < 1.29 is 0 Å². The molecule has 18 heavy (non-hydrogen) atoms. The van der Waals surface area contributed by atoms with Crippen molar-refractivity contribution in [2.24, 2.45) is 10.8 Å². The Bertz CT molecular complexity index is 487. The summed E-state index contributed by atoms with van der Waals surface area (Å²) in [4.78, 5) is 0. The van der Waals surface area contributed by atoms with Crippen LogP contribution in [0, 0.1) is 0 Å². The molecule has 0 aliphatic rings. The van der Waals surface area contributed by atoms with Crippen LogP contribution in [0.2, 0.25) is 0 Å². The summed E-state index contributed by atoms with van der Waals surface area (Å²) in [6, 6.07) is 10.3. The second-order valence-corrected chi connectivity index (χ2v) is 4.10. The Morgan fingerprint density at radius 1 is 1.33 bits per heavy atom. The van der Waals surface area contributed by atoms with E-state index < -0.39 is 0 Å². The van der Waals surface area contributed by atoms with Crippen LogP contribution in [-0.2, 0) is 13.1 Å². The first kappa shape index (κ1) is 12.2. The number of nitrogens with zero attached hydrogens (tertiary/aromatic N) is 4. The third-order valence-corrected chi connectivity index (χ3v) is 2.60.